The number of fused-ring (bicyclic) bond motifs is 1. The third-order valence-corrected chi connectivity index (χ3v) is 7.08. The average molecular weight is 482 g/mol. The smallest absolute Gasteiger partial charge is 0.174 e. The van der Waals surface area contributed by atoms with E-state index in [9.17, 15) is 5.11 Å². The molecule has 6 nitrogen and oxygen atoms in total. The lowest BCUT2D eigenvalue weighted by Gasteiger charge is -2.23. The molecule has 2 aromatic heterocycles. The summed E-state index contributed by atoms with van der Waals surface area (Å²) < 4.78 is 4.12. The van der Waals surface area contributed by atoms with Gasteiger partial charge in [-0.1, -0.05) is 56.2 Å². The molecule has 6 heteroatoms. The molecule has 36 heavy (non-hydrogen) atoms. The quantitative estimate of drug-likeness (QED) is 0.316. The number of aromatic nitrogens is 5. The summed E-state index contributed by atoms with van der Waals surface area (Å²) in [7, 11) is 0. The number of hydrogen-bond acceptors (Lipinski definition) is 4. The fourth-order valence-corrected chi connectivity index (χ4v) is 5.07. The average Bonchev–Trinajstić information content (AvgIpc) is 3.52. The highest BCUT2D eigenvalue weighted by molar-refractivity contribution is 5.68. The number of hydrogen-bond donors (Lipinski definition) is 1. The maximum Gasteiger partial charge on any atom is 0.174 e. The van der Waals surface area contributed by atoms with E-state index >= 15 is 0 Å². The van der Waals surface area contributed by atoms with Gasteiger partial charge in [0.1, 0.15) is 5.82 Å². The van der Waals surface area contributed by atoms with Gasteiger partial charge >= 0.3 is 0 Å². The summed E-state index contributed by atoms with van der Waals surface area (Å²) in [5, 5.41) is 15.2. The van der Waals surface area contributed by atoms with Gasteiger partial charge < -0.3 is 9.67 Å². The predicted octanol–water partition coefficient (Wildman–Crippen LogP) is 6.40. The first kappa shape index (κ1) is 24.2. The Bertz CT molecular complexity index is 1350. The van der Waals surface area contributed by atoms with E-state index in [-0.39, 0.29) is 12.0 Å². The maximum atomic E-state index is 10.4. The molecule has 0 saturated heterocycles. The number of aliphatic hydroxyl groups excluding tert-OH is 1. The number of aliphatic hydroxyl groups is 1. The summed E-state index contributed by atoms with van der Waals surface area (Å²) in [4.78, 5) is 9.25. The summed E-state index contributed by atoms with van der Waals surface area (Å²) in [5.41, 5.74) is 6.69. The zero-order chi connectivity index (χ0) is 25.1. The Hall–Kier alpha value is -3.51. The molecule has 1 N–H and O–H groups in total. The second kappa shape index (κ2) is 10.6. The molecule has 3 heterocycles. The van der Waals surface area contributed by atoms with E-state index in [0.717, 1.165) is 72.8 Å². The molecule has 186 valence electrons. The van der Waals surface area contributed by atoms with Gasteiger partial charge in [-0.15, -0.1) is 0 Å². The van der Waals surface area contributed by atoms with Crippen LogP contribution in [0, 0.1) is 13.8 Å². The first-order chi connectivity index (χ1) is 17.5. The highest BCUT2D eigenvalue weighted by atomic mass is 16.3. The van der Waals surface area contributed by atoms with Crippen LogP contribution < -0.4 is 0 Å². The third kappa shape index (κ3) is 5.19. The van der Waals surface area contributed by atoms with Crippen molar-refractivity contribution in [2.24, 2.45) is 0 Å². The molecule has 0 bridgehead atoms. The molecule has 4 aromatic rings. The van der Waals surface area contributed by atoms with Gasteiger partial charge in [-0.05, 0) is 73.6 Å². The number of aryl methyl sites for hydroxylation is 3. The molecule has 5 rings (SSSR count). The van der Waals surface area contributed by atoms with Gasteiger partial charge in [0.25, 0.3) is 0 Å². The monoisotopic (exact) mass is 481 g/mol. The summed E-state index contributed by atoms with van der Waals surface area (Å²) >= 11 is 0. The van der Waals surface area contributed by atoms with Crippen LogP contribution in [-0.2, 0) is 6.54 Å². The van der Waals surface area contributed by atoms with Crippen LogP contribution in [0.4, 0.5) is 0 Å². The number of imidazole rings is 1. The van der Waals surface area contributed by atoms with E-state index in [1.807, 2.05) is 25.5 Å². The van der Waals surface area contributed by atoms with E-state index in [2.05, 4.69) is 76.6 Å². The molecule has 1 aliphatic rings. The van der Waals surface area contributed by atoms with Crippen LogP contribution in [0.5, 0.6) is 0 Å². The van der Waals surface area contributed by atoms with E-state index in [0.29, 0.717) is 0 Å². The van der Waals surface area contributed by atoms with Crippen LogP contribution in [0.1, 0.15) is 90.6 Å². The minimum atomic E-state index is -0.382. The van der Waals surface area contributed by atoms with Crippen LogP contribution in [0.15, 0.2) is 55.0 Å². The highest BCUT2D eigenvalue weighted by Gasteiger charge is 2.25. The van der Waals surface area contributed by atoms with Crippen LogP contribution in [-0.4, -0.2) is 29.4 Å². The largest absolute Gasteiger partial charge is 0.388 e. The van der Waals surface area contributed by atoms with Crippen LogP contribution in [0.2, 0.25) is 0 Å². The van der Waals surface area contributed by atoms with Crippen LogP contribution in [0.3, 0.4) is 0 Å². The first-order valence-corrected chi connectivity index (χ1v) is 13.0. The van der Waals surface area contributed by atoms with Crippen LogP contribution >= 0.6 is 0 Å². The Morgan fingerprint density at radius 3 is 2.67 bits per heavy atom. The summed E-state index contributed by atoms with van der Waals surface area (Å²) in [6, 6.07) is 14.9. The number of rotatable bonds is 8. The number of nitrogens with zero attached hydrogens (tertiary/aromatic N) is 5. The molecule has 1 aliphatic heterocycles. The van der Waals surface area contributed by atoms with Crippen molar-refractivity contribution in [3.63, 3.8) is 0 Å². The van der Waals surface area contributed by atoms with E-state index in [1.54, 1.807) is 0 Å². The SMILES string of the molecule is CCCCC(O)c1ccc([C@H]2CCCn3nc(/C=C/c4ccc(-n5cnc(C)c5)c(C)c4)nc32)cc1. The third-order valence-electron chi connectivity index (χ3n) is 7.08. The highest BCUT2D eigenvalue weighted by Crippen LogP contribution is 2.33. The second-order valence-electron chi connectivity index (χ2n) is 9.87. The van der Waals surface area contributed by atoms with Gasteiger partial charge in [-0.25, -0.2) is 14.6 Å². The van der Waals surface area contributed by atoms with Crippen molar-refractivity contribution >= 4 is 12.2 Å². The second-order valence-corrected chi connectivity index (χ2v) is 9.87. The Morgan fingerprint density at radius 2 is 1.94 bits per heavy atom. The van der Waals surface area contributed by atoms with Crippen molar-refractivity contribution in [1.82, 2.24) is 24.3 Å². The molecule has 2 atom stereocenters. The maximum absolute atomic E-state index is 10.4. The van der Waals surface area contributed by atoms with Crippen molar-refractivity contribution in [2.45, 2.75) is 71.4 Å². The van der Waals surface area contributed by atoms with Gasteiger partial charge in [0.2, 0.25) is 0 Å². The zero-order valence-electron chi connectivity index (χ0n) is 21.4. The van der Waals surface area contributed by atoms with Crippen molar-refractivity contribution in [1.29, 1.82) is 0 Å². The van der Waals surface area contributed by atoms with Gasteiger partial charge in [0, 0.05) is 24.3 Å². The zero-order valence-corrected chi connectivity index (χ0v) is 21.4. The molecule has 0 fully saturated rings. The molecule has 1 unspecified atom stereocenters. The topological polar surface area (TPSA) is 68.8 Å². The summed E-state index contributed by atoms with van der Waals surface area (Å²) in [5.74, 6) is 2.01. The van der Waals surface area contributed by atoms with Gasteiger partial charge in [0.05, 0.1) is 18.1 Å². The minimum absolute atomic E-state index is 0.232. The summed E-state index contributed by atoms with van der Waals surface area (Å²) in [6.07, 6.45) is 12.7. The lowest BCUT2D eigenvalue weighted by molar-refractivity contribution is 0.164. The number of benzene rings is 2. The molecule has 0 aliphatic carbocycles. The Morgan fingerprint density at radius 1 is 1.11 bits per heavy atom. The Labute approximate surface area is 213 Å². The van der Waals surface area contributed by atoms with E-state index in [4.69, 9.17) is 10.1 Å². The van der Waals surface area contributed by atoms with Crippen molar-refractivity contribution in [3.05, 3.63) is 94.6 Å². The Balaban J connectivity index is 1.32. The first-order valence-electron chi connectivity index (χ1n) is 13.0. The lowest BCUT2D eigenvalue weighted by Crippen LogP contribution is -2.18. The Kier molecular flexibility index (Phi) is 7.14. The van der Waals surface area contributed by atoms with E-state index < -0.39 is 0 Å². The number of unbranched alkanes of at least 4 members (excludes halogenated alkanes) is 1. The van der Waals surface area contributed by atoms with Gasteiger partial charge in [-0.2, -0.15) is 5.10 Å². The fraction of sp³-hybridized carbons (Fsp3) is 0.367. The van der Waals surface area contributed by atoms with Crippen LogP contribution in [0.25, 0.3) is 17.8 Å². The standard InChI is InChI=1S/C30H35N5O/c1-4-5-8-28(36)25-13-11-24(12-14-25)26-7-6-17-35-30(26)32-29(33-35)16-10-23-9-15-27(21(2)18-23)34-19-22(3)31-20-34/h9-16,18-20,26,28,36H,4-8,17H2,1-3H3/b16-10+/t26-,28?/m1/s1. The summed E-state index contributed by atoms with van der Waals surface area (Å²) in [6.45, 7) is 7.17. The molecule has 2 aromatic carbocycles. The van der Waals surface area contributed by atoms with Crippen molar-refractivity contribution in [3.8, 4) is 5.69 Å². The fourth-order valence-electron chi connectivity index (χ4n) is 5.07. The minimum Gasteiger partial charge on any atom is -0.388 e. The van der Waals surface area contributed by atoms with Gasteiger partial charge in [-0.3, -0.25) is 0 Å². The normalized spacial score (nSPS) is 16.4. The van der Waals surface area contributed by atoms with Gasteiger partial charge in [0.15, 0.2) is 5.82 Å². The molecule has 0 radical (unpaired) electrons. The molecule has 0 saturated carbocycles. The molecule has 0 amide bonds. The lowest BCUT2D eigenvalue weighted by atomic mass is 9.90. The van der Waals surface area contributed by atoms with Crippen molar-refractivity contribution in [2.75, 3.05) is 0 Å². The van der Waals surface area contributed by atoms with E-state index in [1.165, 1.54) is 11.1 Å². The molecular formula is C30H35N5O. The van der Waals surface area contributed by atoms with Crippen molar-refractivity contribution < 1.29 is 5.11 Å². The predicted molar refractivity (Wildman–Crippen MR) is 144 cm³/mol. The molecular weight excluding hydrogens is 446 g/mol. The molecule has 0 spiro atoms.